The van der Waals surface area contributed by atoms with Crippen LogP contribution in [0.3, 0.4) is 0 Å². The number of rotatable bonds is 7. The molecule has 0 heterocycles. The summed E-state index contributed by atoms with van der Waals surface area (Å²) in [4.78, 5) is 24.2. The summed E-state index contributed by atoms with van der Waals surface area (Å²) < 4.78 is 25.6. The zero-order valence-electron chi connectivity index (χ0n) is 15.7. The maximum absolute atomic E-state index is 12.9. The van der Waals surface area contributed by atoms with Gasteiger partial charge in [-0.2, -0.15) is 0 Å². The van der Waals surface area contributed by atoms with Gasteiger partial charge in [-0.05, 0) is 37.0 Å². The van der Waals surface area contributed by atoms with Gasteiger partial charge in [-0.15, -0.1) is 0 Å². The van der Waals surface area contributed by atoms with E-state index in [0.717, 1.165) is 31.9 Å². The summed E-state index contributed by atoms with van der Waals surface area (Å²) >= 11 is 0. The van der Waals surface area contributed by atoms with E-state index in [1.165, 1.54) is 31.5 Å². The van der Waals surface area contributed by atoms with Gasteiger partial charge in [0.15, 0.2) is 0 Å². The second kappa shape index (κ2) is 9.18. The number of carbonyl (C=O) groups excluding carboxylic acids is 2. The first kappa shape index (κ1) is 21.2. The van der Waals surface area contributed by atoms with Gasteiger partial charge in [0.25, 0.3) is 5.91 Å². The second-order valence-corrected chi connectivity index (χ2v) is 8.78. The molecule has 150 valence electrons. The molecule has 1 fully saturated rings. The van der Waals surface area contributed by atoms with Crippen molar-refractivity contribution in [2.45, 2.75) is 45.1 Å². The minimum absolute atomic E-state index is 0.140. The summed E-state index contributed by atoms with van der Waals surface area (Å²) in [6.07, 6.45) is 6.49. The summed E-state index contributed by atoms with van der Waals surface area (Å²) in [5, 5.41) is 5.55. The molecule has 0 aromatic heterocycles. The molecule has 0 saturated heterocycles. The fourth-order valence-corrected chi connectivity index (χ4v) is 4.03. The van der Waals surface area contributed by atoms with E-state index in [1.54, 1.807) is 0 Å². The van der Waals surface area contributed by atoms with Crippen molar-refractivity contribution in [1.29, 1.82) is 0 Å². The van der Waals surface area contributed by atoms with Crippen LogP contribution < -0.4 is 21.1 Å². The molecule has 1 atom stereocenters. The van der Waals surface area contributed by atoms with Gasteiger partial charge < -0.3 is 16.4 Å². The van der Waals surface area contributed by atoms with Crippen LogP contribution in [-0.2, 0) is 14.8 Å². The van der Waals surface area contributed by atoms with Gasteiger partial charge in [-0.1, -0.05) is 19.3 Å². The quantitative estimate of drug-likeness (QED) is 0.557. The molecule has 8 nitrogen and oxygen atoms in total. The van der Waals surface area contributed by atoms with Crippen molar-refractivity contribution in [1.82, 2.24) is 5.32 Å². The lowest BCUT2D eigenvalue weighted by Gasteiger charge is -2.30. The van der Waals surface area contributed by atoms with Gasteiger partial charge in [0, 0.05) is 25.2 Å². The molecular weight excluding hydrogens is 368 g/mol. The fraction of sp³-hybridized carbons (Fsp3) is 0.556. The van der Waals surface area contributed by atoms with Crippen LogP contribution >= 0.6 is 0 Å². The molecule has 0 bridgehead atoms. The number of anilines is 2. The Morgan fingerprint density at radius 2 is 1.89 bits per heavy atom. The van der Waals surface area contributed by atoms with Crippen LogP contribution in [0.1, 0.15) is 49.4 Å². The highest BCUT2D eigenvalue weighted by molar-refractivity contribution is 7.92. The van der Waals surface area contributed by atoms with Crippen LogP contribution in [0, 0.1) is 5.92 Å². The lowest BCUT2D eigenvalue weighted by atomic mass is 9.84. The van der Waals surface area contributed by atoms with Gasteiger partial charge in [-0.25, -0.2) is 8.42 Å². The average molecular weight is 397 g/mol. The smallest absolute Gasteiger partial charge is 0.253 e. The predicted octanol–water partition coefficient (Wildman–Crippen LogP) is 1.65. The first-order valence-corrected chi connectivity index (χ1v) is 11.0. The fourth-order valence-electron chi connectivity index (χ4n) is 3.45. The molecule has 2 rings (SSSR count). The topological polar surface area (TPSA) is 130 Å². The zero-order valence-corrected chi connectivity index (χ0v) is 16.6. The van der Waals surface area contributed by atoms with Gasteiger partial charge in [-0.3, -0.25) is 14.3 Å². The van der Waals surface area contributed by atoms with Crippen molar-refractivity contribution in [3.05, 3.63) is 23.8 Å². The van der Waals surface area contributed by atoms with E-state index in [-0.39, 0.29) is 23.2 Å². The van der Waals surface area contributed by atoms with Crippen LogP contribution in [0.15, 0.2) is 18.2 Å². The summed E-state index contributed by atoms with van der Waals surface area (Å²) in [6.45, 7) is 1.67. The number of sulfonamides is 1. The van der Waals surface area contributed by atoms with Crippen molar-refractivity contribution in [2.75, 3.05) is 22.8 Å². The van der Waals surface area contributed by atoms with Crippen molar-refractivity contribution >= 4 is 33.2 Å². The van der Waals surface area contributed by atoms with E-state index in [2.05, 4.69) is 15.4 Å². The van der Waals surface area contributed by atoms with Gasteiger partial charge in [0.05, 0.1) is 17.5 Å². The summed E-state index contributed by atoms with van der Waals surface area (Å²) in [5.41, 5.74) is 6.59. The Morgan fingerprint density at radius 3 is 2.44 bits per heavy atom. The van der Waals surface area contributed by atoms with Crippen LogP contribution in [-0.4, -0.2) is 39.1 Å². The highest BCUT2D eigenvalue weighted by Gasteiger charge is 2.25. The Kier molecular flexibility index (Phi) is 7.20. The molecule has 1 saturated carbocycles. The molecule has 2 amide bonds. The Balaban J connectivity index is 2.27. The lowest BCUT2D eigenvalue weighted by molar-refractivity contribution is -0.114. The van der Waals surface area contributed by atoms with Gasteiger partial charge in [0.2, 0.25) is 15.9 Å². The number of carbonyl (C=O) groups is 2. The molecule has 5 N–H and O–H groups in total. The van der Waals surface area contributed by atoms with Crippen molar-refractivity contribution in [3.63, 3.8) is 0 Å². The minimum atomic E-state index is -3.57. The molecule has 1 aliphatic rings. The van der Waals surface area contributed by atoms with E-state index in [4.69, 9.17) is 5.73 Å². The van der Waals surface area contributed by atoms with Crippen LogP contribution in [0.25, 0.3) is 0 Å². The SMILES string of the molecule is CC(=O)Nc1ccc(NS(C)(=O)=O)c(C(=O)NC(CN)C2CCCCC2)c1. The number of nitrogens with two attached hydrogens (primary N) is 1. The normalized spacial score (nSPS) is 16.4. The standard InChI is InChI=1S/C18H28N4O4S/c1-12(23)20-14-8-9-16(22-27(2,25)26)15(10-14)18(24)21-17(11-19)13-6-4-3-5-7-13/h8-10,13,17,22H,3-7,11,19H2,1-2H3,(H,20,23)(H,21,24). The average Bonchev–Trinajstić information content (AvgIpc) is 2.60. The maximum Gasteiger partial charge on any atom is 0.253 e. The van der Waals surface area contributed by atoms with E-state index >= 15 is 0 Å². The Bertz CT molecular complexity index is 789. The van der Waals surface area contributed by atoms with Crippen molar-refractivity contribution < 1.29 is 18.0 Å². The Morgan fingerprint density at radius 1 is 1.22 bits per heavy atom. The third-order valence-electron chi connectivity index (χ3n) is 4.67. The van der Waals surface area contributed by atoms with Crippen LogP contribution in [0.5, 0.6) is 0 Å². The van der Waals surface area contributed by atoms with Gasteiger partial charge in [0.1, 0.15) is 0 Å². The maximum atomic E-state index is 12.9. The minimum Gasteiger partial charge on any atom is -0.348 e. The Labute approximate surface area is 160 Å². The molecule has 0 spiro atoms. The van der Waals surface area contributed by atoms with Crippen LogP contribution in [0.4, 0.5) is 11.4 Å². The molecule has 1 unspecified atom stereocenters. The third-order valence-corrected chi connectivity index (χ3v) is 5.26. The molecule has 9 heteroatoms. The lowest BCUT2D eigenvalue weighted by Crippen LogP contribution is -2.46. The molecule has 1 aromatic carbocycles. The first-order chi connectivity index (χ1) is 12.7. The molecule has 0 radical (unpaired) electrons. The number of hydrogen-bond donors (Lipinski definition) is 4. The molecule has 27 heavy (non-hydrogen) atoms. The molecular formula is C18H28N4O4S. The number of benzene rings is 1. The summed E-state index contributed by atoms with van der Waals surface area (Å²) in [6, 6.07) is 4.28. The van der Waals surface area contributed by atoms with E-state index in [0.29, 0.717) is 18.2 Å². The monoisotopic (exact) mass is 396 g/mol. The number of hydrogen-bond acceptors (Lipinski definition) is 5. The third kappa shape index (κ3) is 6.51. The number of amides is 2. The Hall–Kier alpha value is -2.13. The highest BCUT2D eigenvalue weighted by Crippen LogP contribution is 2.27. The zero-order chi connectivity index (χ0) is 20.0. The molecule has 0 aliphatic heterocycles. The predicted molar refractivity (Wildman–Crippen MR) is 106 cm³/mol. The van der Waals surface area contributed by atoms with Crippen molar-refractivity contribution in [3.8, 4) is 0 Å². The largest absolute Gasteiger partial charge is 0.348 e. The first-order valence-electron chi connectivity index (χ1n) is 9.10. The van der Waals surface area contributed by atoms with Crippen molar-refractivity contribution in [2.24, 2.45) is 11.7 Å². The number of nitrogens with one attached hydrogen (secondary N) is 3. The van der Waals surface area contributed by atoms with E-state index in [9.17, 15) is 18.0 Å². The highest BCUT2D eigenvalue weighted by atomic mass is 32.2. The second-order valence-electron chi connectivity index (χ2n) is 7.03. The van der Waals surface area contributed by atoms with E-state index < -0.39 is 15.9 Å². The summed E-state index contributed by atoms with van der Waals surface area (Å²) in [7, 11) is -3.57. The van der Waals surface area contributed by atoms with E-state index in [1.807, 2.05) is 0 Å². The summed E-state index contributed by atoms with van der Waals surface area (Å²) in [5.74, 6) is -0.390. The molecule has 1 aliphatic carbocycles. The molecule has 1 aromatic rings. The van der Waals surface area contributed by atoms with Crippen LogP contribution in [0.2, 0.25) is 0 Å². The van der Waals surface area contributed by atoms with Gasteiger partial charge >= 0.3 is 0 Å².